The summed E-state index contributed by atoms with van der Waals surface area (Å²) in [7, 11) is -3.95. The first-order valence-electron chi connectivity index (χ1n) is 8.97. The van der Waals surface area contributed by atoms with Crippen molar-refractivity contribution >= 4 is 15.7 Å². The molecule has 0 bridgehead atoms. The van der Waals surface area contributed by atoms with E-state index in [4.69, 9.17) is 9.15 Å². The van der Waals surface area contributed by atoms with Crippen LogP contribution in [0, 0.1) is 5.82 Å². The first kappa shape index (κ1) is 18.6. The van der Waals surface area contributed by atoms with Gasteiger partial charge in [0.25, 0.3) is 0 Å². The Bertz CT molecular complexity index is 1060. The summed E-state index contributed by atoms with van der Waals surface area (Å²) >= 11 is 0. The van der Waals surface area contributed by atoms with Gasteiger partial charge in [0.1, 0.15) is 5.82 Å². The molecular weight excluding hydrogens is 383 g/mol. The van der Waals surface area contributed by atoms with Gasteiger partial charge in [-0.1, -0.05) is 30.3 Å². The van der Waals surface area contributed by atoms with Crippen molar-refractivity contribution in [1.82, 2.24) is 4.98 Å². The maximum absolute atomic E-state index is 14.2. The molecule has 1 aliphatic heterocycles. The van der Waals surface area contributed by atoms with Gasteiger partial charge < -0.3 is 14.5 Å². The quantitative estimate of drug-likeness (QED) is 0.673. The Hall–Kier alpha value is -2.71. The van der Waals surface area contributed by atoms with Gasteiger partial charge in [0.05, 0.1) is 16.6 Å². The van der Waals surface area contributed by atoms with E-state index in [1.807, 2.05) is 0 Å². The number of rotatable bonds is 6. The molecule has 3 aromatic rings. The third-order valence-corrected chi connectivity index (χ3v) is 6.20. The molecule has 146 valence electrons. The summed E-state index contributed by atoms with van der Waals surface area (Å²) in [4.78, 5) is 4.22. The highest BCUT2D eigenvalue weighted by Gasteiger charge is 2.29. The van der Waals surface area contributed by atoms with Crippen molar-refractivity contribution in [2.75, 3.05) is 18.5 Å². The molecule has 1 aromatic heterocycles. The molecular formula is C20H19FN2O4S. The number of nitrogens with one attached hydrogen (secondary N) is 1. The number of sulfone groups is 1. The highest BCUT2D eigenvalue weighted by Crippen LogP contribution is 2.33. The molecule has 2 heterocycles. The van der Waals surface area contributed by atoms with Crippen LogP contribution in [0.1, 0.15) is 12.8 Å². The van der Waals surface area contributed by atoms with Gasteiger partial charge >= 0.3 is 0 Å². The van der Waals surface area contributed by atoms with Crippen LogP contribution in [0.15, 0.2) is 68.9 Å². The molecule has 1 unspecified atom stereocenters. The lowest BCUT2D eigenvalue weighted by Gasteiger charge is -2.10. The Morgan fingerprint density at radius 1 is 1.11 bits per heavy atom. The summed E-state index contributed by atoms with van der Waals surface area (Å²) < 4.78 is 51.6. The predicted molar refractivity (Wildman–Crippen MR) is 101 cm³/mol. The van der Waals surface area contributed by atoms with E-state index in [0.29, 0.717) is 13.2 Å². The Morgan fingerprint density at radius 2 is 1.86 bits per heavy atom. The summed E-state index contributed by atoms with van der Waals surface area (Å²) in [5.41, 5.74) is 0.0946. The van der Waals surface area contributed by atoms with E-state index in [1.165, 1.54) is 24.3 Å². The minimum absolute atomic E-state index is 0.0161. The van der Waals surface area contributed by atoms with E-state index >= 15 is 0 Å². The molecule has 0 amide bonds. The number of hydrogen-bond acceptors (Lipinski definition) is 6. The second-order valence-electron chi connectivity index (χ2n) is 6.47. The third kappa shape index (κ3) is 3.65. The molecule has 0 saturated carbocycles. The van der Waals surface area contributed by atoms with E-state index in [1.54, 1.807) is 30.3 Å². The van der Waals surface area contributed by atoms with Crippen molar-refractivity contribution in [3.8, 4) is 11.5 Å². The number of hydrogen-bond donors (Lipinski definition) is 1. The van der Waals surface area contributed by atoms with Crippen LogP contribution in [0.3, 0.4) is 0 Å². The summed E-state index contributed by atoms with van der Waals surface area (Å²) in [6.07, 6.45) is 1.80. The van der Waals surface area contributed by atoms with Crippen LogP contribution in [0.5, 0.6) is 0 Å². The topological polar surface area (TPSA) is 81.4 Å². The Kier molecular flexibility index (Phi) is 5.15. The zero-order valence-corrected chi connectivity index (χ0v) is 15.8. The summed E-state index contributed by atoms with van der Waals surface area (Å²) in [6.45, 7) is 1.06. The first-order valence-corrected chi connectivity index (χ1v) is 10.5. The van der Waals surface area contributed by atoms with Crippen LogP contribution in [-0.4, -0.2) is 32.7 Å². The Morgan fingerprint density at radius 3 is 2.57 bits per heavy atom. The molecule has 1 N–H and O–H groups in total. The average Bonchev–Trinajstić information content (AvgIpc) is 3.37. The lowest BCUT2D eigenvalue weighted by molar-refractivity contribution is 0.120. The number of anilines is 1. The second kappa shape index (κ2) is 7.73. The molecule has 1 atom stereocenters. The van der Waals surface area contributed by atoms with Crippen LogP contribution >= 0.6 is 0 Å². The SMILES string of the molecule is O=S(=O)(c1ccccc1)c1nc(-c2ccccc2F)oc1NCC1CCCO1. The summed E-state index contributed by atoms with van der Waals surface area (Å²) in [6, 6.07) is 13.9. The van der Waals surface area contributed by atoms with Gasteiger partial charge in [-0.2, -0.15) is 4.98 Å². The van der Waals surface area contributed by atoms with Crippen molar-refractivity contribution in [2.45, 2.75) is 28.9 Å². The number of aromatic nitrogens is 1. The van der Waals surface area contributed by atoms with E-state index < -0.39 is 15.7 Å². The van der Waals surface area contributed by atoms with Gasteiger partial charge in [-0.3, -0.25) is 0 Å². The smallest absolute Gasteiger partial charge is 0.233 e. The lowest BCUT2D eigenvalue weighted by atomic mass is 10.2. The van der Waals surface area contributed by atoms with Gasteiger partial charge in [-0.05, 0) is 37.1 Å². The first-order chi connectivity index (χ1) is 13.6. The minimum Gasteiger partial charge on any atom is -0.419 e. The zero-order chi connectivity index (χ0) is 19.6. The molecule has 0 radical (unpaired) electrons. The van der Waals surface area contributed by atoms with Crippen LogP contribution < -0.4 is 5.32 Å². The number of nitrogens with zero attached hydrogens (tertiary/aromatic N) is 1. The van der Waals surface area contributed by atoms with Crippen molar-refractivity contribution in [3.05, 3.63) is 60.4 Å². The molecule has 28 heavy (non-hydrogen) atoms. The maximum atomic E-state index is 14.2. The van der Waals surface area contributed by atoms with Gasteiger partial charge in [0.2, 0.25) is 26.6 Å². The van der Waals surface area contributed by atoms with Gasteiger partial charge in [0, 0.05) is 13.2 Å². The molecule has 4 rings (SSSR count). The van der Waals surface area contributed by atoms with Crippen LogP contribution in [-0.2, 0) is 14.6 Å². The lowest BCUT2D eigenvalue weighted by Crippen LogP contribution is -2.19. The van der Waals surface area contributed by atoms with Gasteiger partial charge in [0.15, 0.2) is 0 Å². The molecule has 1 aliphatic rings. The third-order valence-electron chi connectivity index (χ3n) is 4.52. The maximum Gasteiger partial charge on any atom is 0.233 e. The van der Waals surface area contributed by atoms with Crippen molar-refractivity contribution in [1.29, 1.82) is 0 Å². The van der Waals surface area contributed by atoms with E-state index in [-0.39, 0.29) is 33.4 Å². The van der Waals surface area contributed by atoms with E-state index in [2.05, 4.69) is 10.3 Å². The van der Waals surface area contributed by atoms with Gasteiger partial charge in [-0.25, -0.2) is 12.8 Å². The van der Waals surface area contributed by atoms with Crippen LogP contribution in [0.4, 0.5) is 10.3 Å². The second-order valence-corrected chi connectivity index (χ2v) is 8.33. The minimum atomic E-state index is -3.95. The fourth-order valence-electron chi connectivity index (χ4n) is 3.07. The van der Waals surface area contributed by atoms with E-state index in [9.17, 15) is 12.8 Å². The zero-order valence-electron chi connectivity index (χ0n) is 15.0. The normalized spacial score (nSPS) is 17.0. The molecule has 0 spiro atoms. The fraction of sp³-hybridized carbons (Fsp3) is 0.250. The predicted octanol–water partition coefficient (Wildman–Crippen LogP) is 3.90. The largest absolute Gasteiger partial charge is 0.419 e. The average molecular weight is 402 g/mol. The van der Waals surface area contributed by atoms with Crippen LogP contribution in [0.25, 0.3) is 11.5 Å². The number of oxazole rings is 1. The highest BCUT2D eigenvalue weighted by molar-refractivity contribution is 7.91. The molecule has 0 aliphatic carbocycles. The monoisotopic (exact) mass is 402 g/mol. The number of halogens is 1. The highest BCUT2D eigenvalue weighted by atomic mass is 32.2. The summed E-state index contributed by atoms with van der Waals surface area (Å²) in [5.74, 6) is -0.655. The Labute approximate surface area is 162 Å². The molecule has 2 aromatic carbocycles. The van der Waals surface area contributed by atoms with Crippen molar-refractivity contribution in [3.63, 3.8) is 0 Å². The summed E-state index contributed by atoms with van der Waals surface area (Å²) in [5, 5.41) is 2.72. The number of ether oxygens (including phenoxy) is 1. The van der Waals surface area contributed by atoms with E-state index in [0.717, 1.165) is 12.8 Å². The molecule has 6 nitrogen and oxygen atoms in total. The van der Waals surface area contributed by atoms with Crippen molar-refractivity contribution < 1.29 is 22.0 Å². The van der Waals surface area contributed by atoms with Crippen LogP contribution in [0.2, 0.25) is 0 Å². The van der Waals surface area contributed by atoms with Crippen molar-refractivity contribution in [2.24, 2.45) is 0 Å². The Balaban J connectivity index is 1.75. The molecule has 8 heteroatoms. The molecule has 1 fully saturated rings. The van der Waals surface area contributed by atoms with Gasteiger partial charge in [-0.15, -0.1) is 0 Å². The standard InChI is InChI=1S/C20H19FN2O4S/c21-17-11-5-4-10-16(17)18-23-20(28(24,25)15-8-2-1-3-9-15)19(27-18)22-13-14-7-6-12-26-14/h1-5,8-11,14,22H,6-7,12-13H2. The molecule has 1 saturated heterocycles. The fourth-order valence-corrected chi connectivity index (χ4v) is 4.37. The number of benzene rings is 2.